The van der Waals surface area contributed by atoms with Gasteiger partial charge in [0.05, 0.1) is 13.7 Å². The van der Waals surface area contributed by atoms with E-state index in [1.807, 2.05) is 24.3 Å². The Balaban J connectivity index is 2.04. The number of thiophene rings is 1. The second kappa shape index (κ2) is 6.59. The molecule has 1 heterocycles. The van der Waals surface area contributed by atoms with Gasteiger partial charge in [0.25, 0.3) is 0 Å². The van der Waals surface area contributed by atoms with Crippen molar-refractivity contribution in [2.45, 2.75) is 12.8 Å². The lowest BCUT2D eigenvalue weighted by molar-refractivity contribution is 0.274. The average Bonchev–Trinajstić information content (AvgIpc) is 2.86. The summed E-state index contributed by atoms with van der Waals surface area (Å²) in [7, 11) is 1.64. The topological polar surface area (TPSA) is 44.5 Å². The predicted molar refractivity (Wildman–Crippen MR) is 79.3 cm³/mol. The third-order valence-electron chi connectivity index (χ3n) is 2.96. The molecule has 0 saturated carbocycles. The zero-order chi connectivity index (χ0) is 13.7. The highest BCUT2D eigenvalue weighted by molar-refractivity contribution is 7.12. The zero-order valence-electron chi connectivity index (χ0n) is 11.3. The van der Waals surface area contributed by atoms with Crippen molar-refractivity contribution in [3.8, 4) is 11.5 Å². The molecule has 1 aromatic carbocycles. The number of para-hydroxylation sites is 2. The quantitative estimate of drug-likeness (QED) is 0.882. The Hall–Kier alpha value is -1.52. The number of ether oxygens (including phenoxy) is 2. The first-order valence-electron chi connectivity index (χ1n) is 6.26. The summed E-state index contributed by atoms with van der Waals surface area (Å²) < 4.78 is 11.1. The highest BCUT2D eigenvalue weighted by Gasteiger charge is 2.14. The largest absolute Gasteiger partial charge is 0.493 e. The molecular weight excluding hydrogens is 258 g/mol. The molecule has 2 N–H and O–H groups in total. The molecule has 3 nitrogen and oxygen atoms in total. The van der Waals surface area contributed by atoms with Crippen LogP contribution in [0.1, 0.15) is 15.7 Å². The number of methoxy groups -OCH3 is 1. The summed E-state index contributed by atoms with van der Waals surface area (Å²) >= 11 is 1.77. The molecular formula is C15H19NO2S. The molecule has 19 heavy (non-hydrogen) atoms. The molecule has 102 valence electrons. The van der Waals surface area contributed by atoms with Crippen LogP contribution in [0.5, 0.6) is 11.5 Å². The summed E-state index contributed by atoms with van der Waals surface area (Å²) in [6.07, 6.45) is 0. The van der Waals surface area contributed by atoms with Gasteiger partial charge >= 0.3 is 0 Å². The summed E-state index contributed by atoms with van der Waals surface area (Å²) in [5.74, 6) is 1.74. The summed E-state index contributed by atoms with van der Waals surface area (Å²) in [5.41, 5.74) is 5.84. The molecule has 2 rings (SSSR count). The van der Waals surface area contributed by atoms with Crippen molar-refractivity contribution in [3.05, 3.63) is 46.2 Å². The van der Waals surface area contributed by atoms with Gasteiger partial charge in [-0.1, -0.05) is 12.1 Å². The standard InChI is InChI=1S/C15H19NO2S/c1-11-7-8-15(19-11)12(9-16)10-18-14-6-4-3-5-13(14)17-2/h3-8,12H,9-10,16H2,1-2H3. The number of rotatable bonds is 6. The predicted octanol–water partition coefficient (Wildman–Crippen LogP) is 3.19. The van der Waals surface area contributed by atoms with Crippen molar-refractivity contribution >= 4 is 11.3 Å². The zero-order valence-corrected chi connectivity index (χ0v) is 12.1. The van der Waals surface area contributed by atoms with Crippen LogP contribution in [0.4, 0.5) is 0 Å². The van der Waals surface area contributed by atoms with Crippen LogP contribution in [0.2, 0.25) is 0 Å². The van der Waals surface area contributed by atoms with Crippen molar-refractivity contribution in [1.29, 1.82) is 0 Å². The molecule has 0 aliphatic heterocycles. The van der Waals surface area contributed by atoms with Gasteiger partial charge in [-0.25, -0.2) is 0 Å². The van der Waals surface area contributed by atoms with Gasteiger partial charge in [0.1, 0.15) is 0 Å². The van der Waals surface area contributed by atoms with Crippen LogP contribution >= 0.6 is 11.3 Å². The van der Waals surface area contributed by atoms with Crippen LogP contribution in [0.15, 0.2) is 36.4 Å². The summed E-state index contributed by atoms with van der Waals surface area (Å²) in [4.78, 5) is 2.57. The van der Waals surface area contributed by atoms with Crippen LogP contribution in [-0.2, 0) is 0 Å². The number of benzene rings is 1. The van der Waals surface area contributed by atoms with E-state index in [1.165, 1.54) is 9.75 Å². The maximum absolute atomic E-state index is 5.85. The lowest BCUT2D eigenvalue weighted by Gasteiger charge is -2.16. The van der Waals surface area contributed by atoms with E-state index in [0.29, 0.717) is 13.2 Å². The molecule has 0 fully saturated rings. The SMILES string of the molecule is COc1ccccc1OCC(CN)c1ccc(C)s1. The lowest BCUT2D eigenvalue weighted by atomic mass is 10.1. The van der Waals surface area contributed by atoms with Crippen LogP contribution in [0.3, 0.4) is 0 Å². The first-order chi connectivity index (χ1) is 9.24. The van der Waals surface area contributed by atoms with Crippen molar-refractivity contribution in [1.82, 2.24) is 0 Å². The first-order valence-corrected chi connectivity index (χ1v) is 7.08. The van der Waals surface area contributed by atoms with E-state index in [4.69, 9.17) is 15.2 Å². The first kappa shape index (κ1) is 13.9. The fraction of sp³-hybridized carbons (Fsp3) is 0.333. The van der Waals surface area contributed by atoms with E-state index >= 15 is 0 Å². The Morgan fingerprint density at radius 2 is 1.89 bits per heavy atom. The maximum atomic E-state index is 5.85. The van der Waals surface area contributed by atoms with Gasteiger partial charge in [0, 0.05) is 22.2 Å². The highest BCUT2D eigenvalue weighted by Crippen LogP contribution is 2.29. The number of nitrogens with two attached hydrogens (primary N) is 1. The summed E-state index contributed by atoms with van der Waals surface area (Å²) in [6, 6.07) is 11.9. The van der Waals surface area contributed by atoms with Gasteiger partial charge in [-0.2, -0.15) is 0 Å². The average molecular weight is 277 g/mol. The Morgan fingerprint density at radius 3 is 2.47 bits per heavy atom. The summed E-state index contributed by atoms with van der Waals surface area (Å²) in [5, 5.41) is 0. The molecule has 1 aromatic heterocycles. The van der Waals surface area contributed by atoms with E-state index in [0.717, 1.165) is 11.5 Å². The fourth-order valence-corrected chi connectivity index (χ4v) is 2.84. The smallest absolute Gasteiger partial charge is 0.161 e. The fourth-order valence-electron chi connectivity index (χ4n) is 1.87. The van der Waals surface area contributed by atoms with E-state index < -0.39 is 0 Å². The molecule has 4 heteroatoms. The third kappa shape index (κ3) is 3.49. The molecule has 2 aromatic rings. The van der Waals surface area contributed by atoms with Crippen LogP contribution in [0.25, 0.3) is 0 Å². The van der Waals surface area contributed by atoms with Crippen molar-refractivity contribution < 1.29 is 9.47 Å². The lowest BCUT2D eigenvalue weighted by Crippen LogP contribution is -2.18. The molecule has 0 saturated heterocycles. The Morgan fingerprint density at radius 1 is 1.16 bits per heavy atom. The number of aryl methyl sites for hydroxylation is 1. The molecule has 0 spiro atoms. The minimum Gasteiger partial charge on any atom is -0.493 e. The number of hydrogen-bond donors (Lipinski definition) is 1. The van der Waals surface area contributed by atoms with Crippen molar-refractivity contribution in [2.24, 2.45) is 5.73 Å². The van der Waals surface area contributed by atoms with E-state index in [-0.39, 0.29) is 5.92 Å². The molecule has 0 aliphatic rings. The van der Waals surface area contributed by atoms with Gasteiger partial charge in [0.15, 0.2) is 11.5 Å². The second-order valence-corrected chi connectivity index (χ2v) is 5.66. The Bertz CT molecular complexity index is 524. The van der Waals surface area contributed by atoms with Gasteiger partial charge in [-0.3, -0.25) is 0 Å². The second-order valence-electron chi connectivity index (χ2n) is 4.34. The normalized spacial score (nSPS) is 12.2. The monoisotopic (exact) mass is 277 g/mol. The molecule has 0 bridgehead atoms. The van der Waals surface area contributed by atoms with Crippen molar-refractivity contribution in [3.63, 3.8) is 0 Å². The van der Waals surface area contributed by atoms with Gasteiger partial charge in [-0.05, 0) is 31.2 Å². The van der Waals surface area contributed by atoms with Crippen LogP contribution < -0.4 is 15.2 Å². The summed E-state index contributed by atoms with van der Waals surface area (Å²) in [6.45, 7) is 3.24. The molecule has 1 unspecified atom stereocenters. The van der Waals surface area contributed by atoms with Crippen LogP contribution in [0, 0.1) is 6.92 Å². The molecule has 0 aliphatic carbocycles. The maximum Gasteiger partial charge on any atom is 0.161 e. The molecule has 1 atom stereocenters. The number of hydrogen-bond acceptors (Lipinski definition) is 4. The Labute approximate surface area is 118 Å². The van der Waals surface area contributed by atoms with E-state index in [1.54, 1.807) is 18.4 Å². The molecule has 0 amide bonds. The van der Waals surface area contributed by atoms with E-state index in [2.05, 4.69) is 19.1 Å². The van der Waals surface area contributed by atoms with E-state index in [9.17, 15) is 0 Å². The minimum atomic E-state index is 0.226. The third-order valence-corrected chi connectivity index (χ3v) is 4.12. The minimum absolute atomic E-state index is 0.226. The van der Waals surface area contributed by atoms with Gasteiger partial charge in [-0.15, -0.1) is 11.3 Å². The van der Waals surface area contributed by atoms with Gasteiger partial charge in [0.2, 0.25) is 0 Å². The highest BCUT2D eigenvalue weighted by atomic mass is 32.1. The molecule has 0 radical (unpaired) electrons. The van der Waals surface area contributed by atoms with Crippen LogP contribution in [-0.4, -0.2) is 20.3 Å². The van der Waals surface area contributed by atoms with Gasteiger partial charge < -0.3 is 15.2 Å². The van der Waals surface area contributed by atoms with Crippen molar-refractivity contribution in [2.75, 3.05) is 20.3 Å². The Kier molecular flexibility index (Phi) is 4.82.